The maximum atomic E-state index is 13.2. The fourth-order valence-corrected chi connectivity index (χ4v) is 8.04. The van der Waals surface area contributed by atoms with Crippen LogP contribution >= 0.6 is 0 Å². The molecule has 7 nitrogen and oxygen atoms in total. The number of para-hydroxylation sites is 1. The molecule has 0 radical (unpaired) electrons. The van der Waals surface area contributed by atoms with E-state index in [0.717, 1.165) is 11.8 Å². The molecular weight excluding hydrogens is 416 g/mol. The van der Waals surface area contributed by atoms with Crippen LogP contribution in [-0.4, -0.2) is 24.7 Å². The second kappa shape index (κ2) is 7.96. The predicted molar refractivity (Wildman–Crippen MR) is 118 cm³/mol. The number of Topliss-reactive ketones (excluding diaryl/α,β-unsaturated/α-hetero) is 1. The van der Waals surface area contributed by atoms with Crippen LogP contribution in [0.15, 0.2) is 24.3 Å². The minimum absolute atomic E-state index is 0.0942. The van der Waals surface area contributed by atoms with E-state index in [9.17, 15) is 23.3 Å². The second-order valence-corrected chi connectivity index (χ2v) is 12.5. The Morgan fingerprint density at radius 2 is 1.68 bits per heavy atom. The molecule has 0 heterocycles. The Hall–Kier alpha value is -1.80. The molecule has 31 heavy (non-hydrogen) atoms. The quantitative estimate of drug-likeness (QED) is 0.469. The molecule has 1 atom stereocenters. The zero-order valence-electron chi connectivity index (χ0n) is 18.4. The number of sulfonamides is 1. The zero-order chi connectivity index (χ0) is 22.6. The standard InChI is InChI=1S/C23H32N2O5S/c1-14(19-6-4-5-7-21(19)25(27)28)31(29,30)24-23(2,3)22(26)13-20-17-9-15-8-16(11-17)12-18(20)10-15/h4-7,14-18,20,24H,8-13H2,1-3H3. The number of nitro groups is 1. The van der Waals surface area contributed by atoms with Gasteiger partial charge in [0.2, 0.25) is 10.0 Å². The molecule has 4 aliphatic rings. The molecule has 0 aliphatic heterocycles. The van der Waals surface area contributed by atoms with Crippen molar-refractivity contribution in [1.82, 2.24) is 4.72 Å². The molecule has 4 aliphatic carbocycles. The number of nitro benzene ring substituents is 1. The predicted octanol–water partition coefficient (Wildman–Crippen LogP) is 4.39. The van der Waals surface area contributed by atoms with Crippen LogP contribution in [0.3, 0.4) is 0 Å². The molecule has 0 spiro atoms. The van der Waals surface area contributed by atoms with Crippen molar-refractivity contribution in [1.29, 1.82) is 0 Å². The van der Waals surface area contributed by atoms with E-state index < -0.39 is 25.7 Å². The SMILES string of the molecule is CC(c1ccccc1[N+](=O)[O-])S(=O)(=O)NC(C)(C)C(=O)CC1C2CC3CC(C2)CC1C3. The third-order valence-electron chi connectivity index (χ3n) is 7.97. The molecule has 170 valence electrons. The molecule has 5 rings (SSSR count). The second-order valence-electron chi connectivity index (χ2n) is 10.5. The number of nitrogens with one attached hydrogen (secondary N) is 1. The number of ketones is 1. The molecule has 0 aromatic heterocycles. The largest absolute Gasteiger partial charge is 0.298 e. The summed E-state index contributed by atoms with van der Waals surface area (Å²) >= 11 is 0. The van der Waals surface area contributed by atoms with Crippen LogP contribution in [0.1, 0.15) is 70.1 Å². The number of nitrogens with zero attached hydrogens (tertiary/aromatic N) is 1. The highest BCUT2D eigenvalue weighted by atomic mass is 32.2. The lowest BCUT2D eigenvalue weighted by Crippen LogP contribution is -2.53. The third-order valence-corrected chi connectivity index (χ3v) is 9.95. The third kappa shape index (κ3) is 4.29. The average Bonchev–Trinajstić information content (AvgIpc) is 2.68. The number of rotatable bonds is 8. The Kier molecular flexibility index (Phi) is 5.75. The lowest BCUT2D eigenvalue weighted by Gasteiger charge is -2.54. The van der Waals surface area contributed by atoms with Gasteiger partial charge < -0.3 is 0 Å². The van der Waals surface area contributed by atoms with Crippen LogP contribution < -0.4 is 4.72 Å². The van der Waals surface area contributed by atoms with Crippen LogP contribution in [0.2, 0.25) is 0 Å². The maximum absolute atomic E-state index is 13.2. The Bertz CT molecular complexity index is 959. The van der Waals surface area contributed by atoms with Gasteiger partial charge in [-0.3, -0.25) is 14.9 Å². The molecule has 1 aromatic carbocycles. The fourth-order valence-electron chi connectivity index (χ4n) is 6.51. The molecule has 1 aromatic rings. The van der Waals surface area contributed by atoms with Gasteiger partial charge in [-0.25, -0.2) is 13.1 Å². The van der Waals surface area contributed by atoms with Gasteiger partial charge in [-0.2, -0.15) is 0 Å². The first kappa shape index (κ1) is 22.4. The molecule has 4 bridgehead atoms. The summed E-state index contributed by atoms with van der Waals surface area (Å²) in [6, 6.07) is 5.83. The molecule has 0 saturated heterocycles. The summed E-state index contributed by atoms with van der Waals surface area (Å²) in [6.45, 7) is 4.63. The molecule has 1 unspecified atom stereocenters. The fraction of sp³-hybridized carbons (Fsp3) is 0.696. The van der Waals surface area contributed by atoms with E-state index >= 15 is 0 Å². The van der Waals surface area contributed by atoms with Crippen molar-refractivity contribution in [3.05, 3.63) is 39.9 Å². The van der Waals surface area contributed by atoms with E-state index in [1.54, 1.807) is 19.9 Å². The van der Waals surface area contributed by atoms with Crippen molar-refractivity contribution >= 4 is 21.5 Å². The Morgan fingerprint density at radius 3 is 2.23 bits per heavy atom. The van der Waals surface area contributed by atoms with Crippen LogP contribution in [0, 0.1) is 39.7 Å². The van der Waals surface area contributed by atoms with Gasteiger partial charge in [0.1, 0.15) is 5.25 Å². The van der Waals surface area contributed by atoms with E-state index in [2.05, 4.69) is 4.72 Å². The number of hydrogen-bond donors (Lipinski definition) is 1. The van der Waals surface area contributed by atoms with E-state index in [1.807, 2.05) is 0 Å². The van der Waals surface area contributed by atoms with Crippen molar-refractivity contribution in [2.24, 2.45) is 29.6 Å². The highest BCUT2D eigenvalue weighted by Gasteiger charge is 2.49. The van der Waals surface area contributed by atoms with Gasteiger partial charge >= 0.3 is 0 Å². The van der Waals surface area contributed by atoms with Crippen molar-refractivity contribution in [2.75, 3.05) is 0 Å². The topological polar surface area (TPSA) is 106 Å². The average molecular weight is 449 g/mol. The number of benzene rings is 1. The molecule has 8 heteroatoms. The Balaban J connectivity index is 1.47. The van der Waals surface area contributed by atoms with Gasteiger partial charge in [0, 0.05) is 18.1 Å². The van der Waals surface area contributed by atoms with Gasteiger partial charge in [0.05, 0.1) is 10.5 Å². The first-order valence-corrected chi connectivity index (χ1v) is 12.8. The maximum Gasteiger partial charge on any atom is 0.273 e. The van der Waals surface area contributed by atoms with E-state index in [4.69, 9.17) is 0 Å². The number of carbonyl (C=O) groups excluding carboxylic acids is 1. The highest BCUT2D eigenvalue weighted by molar-refractivity contribution is 7.89. The summed E-state index contributed by atoms with van der Waals surface area (Å²) in [6.07, 6.45) is 6.61. The Labute approximate surface area is 184 Å². The number of hydrogen-bond acceptors (Lipinski definition) is 5. The van der Waals surface area contributed by atoms with Crippen LogP contribution in [0.4, 0.5) is 5.69 Å². The van der Waals surface area contributed by atoms with Crippen molar-refractivity contribution in [2.45, 2.75) is 70.1 Å². The summed E-state index contributed by atoms with van der Waals surface area (Å²) in [5, 5.41) is 10.2. The molecule has 1 N–H and O–H groups in total. The van der Waals surface area contributed by atoms with Crippen LogP contribution in [-0.2, 0) is 14.8 Å². The summed E-state index contributed by atoms with van der Waals surface area (Å²) in [4.78, 5) is 24.0. The summed E-state index contributed by atoms with van der Waals surface area (Å²) in [5.74, 6) is 3.10. The van der Waals surface area contributed by atoms with Crippen molar-refractivity contribution in [3.63, 3.8) is 0 Å². The minimum atomic E-state index is -4.01. The molecule has 4 fully saturated rings. The first-order valence-electron chi connectivity index (χ1n) is 11.3. The van der Waals surface area contributed by atoms with Gasteiger partial charge in [-0.05, 0) is 82.5 Å². The molecular formula is C23H32N2O5S. The highest BCUT2D eigenvalue weighted by Crippen LogP contribution is 2.57. The lowest BCUT2D eigenvalue weighted by atomic mass is 9.51. The zero-order valence-corrected chi connectivity index (χ0v) is 19.2. The van der Waals surface area contributed by atoms with Gasteiger partial charge in [0.25, 0.3) is 5.69 Å². The minimum Gasteiger partial charge on any atom is -0.298 e. The Morgan fingerprint density at radius 1 is 1.13 bits per heavy atom. The smallest absolute Gasteiger partial charge is 0.273 e. The van der Waals surface area contributed by atoms with Crippen molar-refractivity contribution < 1.29 is 18.1 Å². The van der Waals surface area contributed by atoms with Gasteiger partial charge in [-0.15, -0.1) is 0 Å². The van der Waals surface area contributed by atoms with E-state index in [1.165, 1.54) is 57.2 Å². The number of carbonyl (C=O) groups is 1. The lowest BCUT2D eigenvalue weighted by molar-refractivity contribution is -0.385. The van der Waals surface area contributed by atoms with Gasteiger partial charge in [0.15, 0.2) is 5.78 Å². The molecule has 4 saturated carbocycles. The normalized spacial score (nSPS) is 30.9. The molecule has 0 amide bonds. The van der Waals surface area contributed by atoms with Gasteiger partial charge in [-0.1, -0.05) is 18.2 Å². The van der Waals surface area contributed by atoms with Crippen LogP contribution in [0.5, 0.6) is 0 Å². The summed E-state index contributed by atoms with van der Waals surface area (Å²) in [5.41, 5.74) is -1.38. The van der Waals surface area contributed by atoms with Crippen molar-refractivity contribution in [3.8, 4) is 0 Å². The summed E-state index contributed by atoms with van der Waals surface area (Å²) in [7, 11) is -4.01. The summed E-state index contributed by atoms with van der Waals surface area (Å²) < 4.78 is 28.7. The first-order chi connectivity index (χ1) is 14.5. The van der Waals surface area contributed by atoms with Crippen LogP contribution in [0.25, 0.3) is 0 Å². The van der Waals surface area contributed by atoms with E-state index in [0.29, 0.717) is 24.2 Å². The monoisotopic (exact) mass is 448 g/mol. The van der Waals surface area contributed by atoms with E-state index in [-0.39, 0.29) is 17.0 Å².